The minimum atomic E-state index is -0.129. The summed E-state index contributed by atoms with van der Waals surface area (Å²) in [6, 6.07) is 0.427. The lowest BCUT2D eigenvalue weighted by atomic mass is 10.0. The third-order valence-electron chi connectivity index (χ3n) is 3.08. The van der Waals surface area contributed by atoms with Crippen molar-refractivity contribution in [3.8, 4) is 0 Å². The van der Waals surface area contributed by atoms with Crippen LogP contribution < -0.4 is 10.9 Å². The van der Waals surface area contributed by atoms with E-state index in [1.54, 1.807) is 13.2 Å². The molecule has 1 rings (SSSR count). The van der Waals surface area contributed by atoms with Crippen molar-refractivity contribution >= 4 is 21.6 Å². The Bertz CT molecular complexity index is 470. The lowest BCUT2D eigenvalue weighted by molar-refractivity contribution is 0.266. The van der Waals surface area contributed by atoms with Crippen molar-refractivity contribution in [3.63, 3.8) is 0 Å². The van der Waals surface area contributed by atoms with Gasteiger partial charge in [-0.25, -0.2) is 4.68 Å². The van der Waals surface area contributed by atoms with Gasteiger partial charge in [0.05, 0.1) is 11.9 Å². The molecule has 0 aromatic carbocycles. The number of nitrogens with one attached hydrogen (secondary N) is 1. The second kappa shape index (κ2) is 7.05. The quantitative estimate of drug-likeness (QED) is 0.865. The van der Waals surface area contributed by atoms with Crippen molar-refractivity contribution in [1.82, 2.24) is 14.7 Å². The van der Waals surface area contributed by atoms with Crippen molar-refractivity contribution in [2.75, 3.05) is 26.0 Å². The maximum Gasteiger partial charge on any atom is 0.282 e. The summed E-state index contributed by atoms with van der Waals surface area (Å²) in [6.07, 6.45) is 2.78. The van der Waals surface area contributed by atoms with Gasteiger partial charge >= 0.3 is 0 Å². The molecule has 0 amide bonds. The van der Waals surface area contributed by atoms with Crippen LogP contribution in [-0.2, 0) is 7.05 Å². The molecule has 5 nitrogen and oxygen atoms in total. The number of halogens is 1. The second-order valence-electron chi connectivity index (χ2n) is 5.43. The number of hydrogen-bond donors (Lipinski definition) is 1. The summed E-state index contributed by atoms with van der Waals surface area (Å²) >= 11 is 3.32. The van der Waals surface area contributed by atoms with Gasteiger partial charge in [-0.15, -0.1) is 0 Å². The van der Waals surface area contributed by atoms with E-state index in [1.807, 2.05) is 0 Å². The van der Waals surface area contributed by atoms with Crippen molar-refractivity contribution in [2.45, 2.75) is 26.3 Å². The Kier molecular flexibility index (Phi) is 6.00. The number of hydrogen-bond acceptors (Lipinski definition) is 4. The van der Waals surface area contributed by atoms with Crippen LogP contribution in [0.25, 0.3) is 0 Å². The van der Waals surface area contributed by atoms with E-state index in [-0.39, 0.29) is 5.56 Å². The van der Waals surface area contributed by atoms with Crippen molar-refractivity contribution < 1.29 is 0 Å². The summed E-state index contributed by atoms with van der Waals surface area (Å²) in [5.74, 6) is 0.638. The highest BCUT2D eigenvalue weighted by atomic mass is 79.9. The minimum Gasteiger partial charge on any atom is -0.381 e. The first-order valence-electron chi connectivity index (χ1n) is 6.45. The average Bonchev–Trinajstić information content (AvgIpc) is 2.33. The molecule has 0 spiro atoms. The van der Waals surface area contributed by atoms with Gasteiger partial charge in [0.1, 0.15) is 4.47 Å². The van der Waals surface area contributed by atoms with Gasteiger partial charge in [-0.3, -0.25) is 4.79 Å². The molecule has 1 N–H and O–H groups in total. The highest BCUT2D eigenvalue weighted by molar-refractivity contribution is 9.10. The van der Waals surface area contributed by atoms with E-state index in [2.05, 4.69) is 59.2 Å². The number of anilines is 1. The molecule has 1 heterocycles. The zero-order valence-corrected chi connectivity index (χ0v) is 13.9. The van der Waals surface area contributed by atoms with Gasteiger partial charge in [0.15, 0.2) is 0 Å². The molecule has 0 saturated carbocycles. The maximum absolute atomic E-state index is 11.7. The molecule has 108 valence electrons. The smallest absolute Gasteiger partial charge is 0.282 e. The predicted molar refractivity (Wildman–Crippen MR) is 82.6 cm³/mol. The number of nitrogens with zero attached hydrogens (tertiary/aromatic N) is 3. The van der Waals surface area contributed by atoms with Crippen LogP contribution in [0.15, 0.2) is 15.5 Å². The van der Waals surface area contributed by atoms with Crippen LogP contribution >= 0.6 is 15.9 Å². The van der Waals surface area contributed by atoms with Gasteiger partial charge in [0.2, 0.25) is 0 Å². The van der Waals surface area contributed by atoms with Crippen LogP contribution in [0.3, 0.4) is 0 Å². The number of aromatic nitrogens is 2. The van der Waals surface area contributed by atoms with E-state index < -0.39 is 0 Å². The molecule has 1 aromatic heterocycles. The number of likely N-dealkylation sites (N-methyl/N-ethyl adjacent to an activating group) is 1. The Labute approximate surface area is 123 Å². The SMILES string of the molecule is CC(C)CC(CNc1cnn(C)c(=O)c1Br)N(C)C. The molecule has 0 radical (unpaired) electrons. The molecule has 19 heavy (non-hydrogen) atoms. The first-order chi connectivity index (χ1) is 8.82. The minimum absolute atomic E-state index is 0.129. The van der Waals surface area contributed by atoms with Crippen LogP contribution in [0, 0.1) is 5.92 Å². The van der Waals surface area contributed by atoms with Gasteiger partial charge in [0.25, 0.3) is 5.56 Å². The van der Waals surface area contributed by atoms with E-state index >= 15 is 0 Å². The van der Waals surface area contributed by atoms with E-state index in [1.165, 1.54) is 4.68 Å². The molecular weight excluding hydrogens is 308 g/mol. The maximum atomic E-state index is 11.7. The lowest BCUT2D eigenvalue weighted by Gasteiger charge is -2.26. The zero-order chi connectivity index (χ0) is 14.6. The molecule has 0 aliphatic heterocycles. The van der Waals surface area contributed by atoms with Gasteiger partial charge in [-0.05, 0) is 42.4 Å². The van der Waals surface area contributed by atoms with Crippen LogP contribution in [0.5, 0.6) is 0 Å². The van der Waals surface area contributed by atoms with Crippen molar-refractivity contribution in [2.24, 2.45) is 13.0 Å². The van der Waals surface area contributed by atoms with Crippen molar-refractivity contribution in [1.29, 1.82) is 0 Å². The monoisotopic (exact) mass is 330 g/mol. The molecule has 0 aliphatic carbocycles. The highest BCUT2D eigenvalue weighted by Crippen LogP contribution is 2.17. The summed E-state index contributed by atoms with van der Waals surface area (Å²) in [5.41, 5.74) is 0.619. The first kappa shape index (κ1) is 16.2. The molecule has 1 aromatic rings. The van der Waals surface area contributed by atoms with Gasteiger partial charge < -0.3 is 10.2 Å². The fourth-order valence-electron chi connectivity index (χ4n) is 1.88. The third-order valence-corrected chi connectivity index (χ3v) is 3.85. The fourth-order valence-corrected chi connectivity index (χ4v) is 2.38. The van der Waals surface area contributed by atoms with E-state index in [9.17, 15) is 4.79 Å². The topological polar surface area (TPSA) is 50.2 Å². The summed E-state index contributed by atoms with van der Waals surface area (Å²) in [5, 5.41) is 7.32. The zero-order valence-electron chi connectivity index (χ0n) is 12.3. The molecule has 0 aliphatic rings. The second-order valence-corrected chi connectivity index (χ2v) is 6.22. The molecule has 1 unspecified atom stereocenters. The van der Waals surface area contributed by atoms with Crippen LogP contribution in [-0.4, -0.2) is 41.4 Å². The molecule has 0 saturated heterocycles. The number of rotatable bonds is 6. The highest BCUT2D eigenvalue weighted by Gasteiger charge is 2.14. The van der Waals surface area contributed by atoms with Crippen LogP contribution in [0.1, 0.15) is 20.3 Å². The normalized spacial score (nSPS) is 13.1. The Hall–Kier alpha value is -0.880. The Morgan fingerprint density at radius 3 is 2.63 bits per heavy atom. The van der Waals surface area contributed by atoms with E-state index in [0.717, 1.165) is 18.7 Å². The fraction of sp³-hybridized carbons (Fsp3) is 0.692. The molecule has 0 bridgehead atoms. The van der Waals surface area contributed by atoms with Crippen molar-refractivity contribution in [3.05, 3.63) is 21.0 Å². The standard InChI is InChI=1S/C13H23BrN4O/c1-9(2)6-10(17(3)4)7-15-11-8-16-18(5)13(19)12(11)14/h8-10,15H,6-7H2,1-5H3. The van der Waals surface area contributed by atoms with Gasteiger partial charge in [-0.2, -0.15) is 5.10 Å². The summed E-state index contributed by atoms with van der Waals surface area (Å²) in [4.78, 5) is 14.0. The summed E-state index contributed by atoms with van der Waals surface area (Å²) in [7, 11) is 5.79. The van der Waals surface area contributed by atoms with Gasteiger partial charge in [-0.1, -0.05) is 13.8 Å². The van der Waals surface area contributed by atoms with E-state index in [4.69, 9.17) is 0 Å². The van der Waals surface area contributed by atoms with E-state index in [0.29, 0.717) is 16.4 Å². The average molecular weight is 331 g/mol. The van der Waals surface area contributed by atoms with Crippen LogP contribution in [0.2, 0.25) is 0 Å². The third kappa shape index (κ3) is 4.62. The van der Waals surface area contributed by atoms with Crippen LogP contribution in [0.4, 0.5) is 5.69 Å². The Morgan fingerprint density at radius 1 is 1.47 bits per heavy atom. The Morgan fingerprint density at radius 2 is 2.11 bits per heavy atom. The molecule has 6 heteroatoms. The predicted octanol–water partition coefficient (Wildman–Crippen LogP) is 1.93. The first-order valence-corrected chi connectivity index (χ1v) is 7.24. The summed E-state index contributed by atoms with van der Waals surface area (Å²) < 4.78 is 1.85. The largest absolute Gasteiger partial charge is 0.381 e. The summed E-state index contributed by atoms with van der Waals surface area (Å²) in [6.45, 7) is 5.22. The number of aryl methyl sites for hydroxylation is 1. The molecule has 0 fully saturated rings. The lowest BCUT2D eigenvalue weighted by Crippen LogP contribution is -2.36. The molecule has 1 atom stereocenters. The van der Waals surface area contributed by atoms with Gasteiger partial charge in [0, 0.05) is 19.6 Å². The Balaban J connectivity index is 2.75. The molecular formula is C13H23BrN4O.